The third-order valence-electron chi connectivity index (χ3n) is 4.66. The van der Waals surface area contributed by atoms with Gasteiger partial charge in [0.05, 0.1) is 5.69 Å². The molecule has 2 N–H and O–H groups in total. The molecule has 0 aromatic carbocycles. The minimum atomic E-state index is -0.102. The van der Waals surface area contributed by atoms with Gasteiger partial charge in [0.15, 0.2) is 4.96 Å². The summed E-state index contributed by atoms with van der Waals surface area (Å²) in [5.41, 5.74) is 7.96. The Morgan fingerprint density at radius 2 is 2.17 bits per heavy atom. The smallest absolute Gasteiger partial charge is 0.193 e. The summed E-state index contributed by atoms with van der Waals surface area (Å²) in [5.74, 6) is 0. The molecule has 1 aliphatic rings. The lowest BCUT2D eigenvalue weighted by molar-refractivity contribution is 0.0982. The van der Waals surface area contributed by atoms with Crippen LogP contribution >= 0.6 is 11.3 Å². The molecule has 0 amide bonds. The number of imidazole rings is 1. The molecule has 0 bridgehead atoms. The fraction of sp³-hybridized carbons (Fsp3) is 0.643. The summed E-state index contributed by atoms with van der Waals surface area (Å²) >= 11 is 1.68. The van der Waals surface area contributed by atoms with E-state index in [1.165, 1.54) is 19.3 Å². The summed E-state index contributed by atoms with van der Waals surface area (Å²) in [7, 11) is 0. The van der Waals surface area contributed by atoms with Crippen LogP contribution in [0.1, 0.15) is 45.2 Å². The second-order valence-corrected chi connectivity index (χ2v) is 7.12. The highest BCUT2D eigenvalue weighted by Crippen LogP contribution is 2.43. The molecule has 3 rings (SSSR count). The number of aromatic nitrogens is 2. The van der Waals surface area contributed by atoms with Gasteiger partial charge in [0.1, 0.15) is 0 Å². The topological polar surface area (TPSA) is 43.3 Å². The Kier molecular flexibility index (Phi) is 2.75. The maximum atomic E-state index is 6.71. The highest BCUT2D eigenvalue weighted by molar-refractivity contribution is 7.15. The SMILES string of the molecule is CC1(C)CCCCC1(N)Cc1cn2ccsc2n1. The van der Waals surface area contributed by atoms with Crippen molar-refractivity contribution in [2.75, 3.05) is 0 Å². The first-order valence-electron chi connectivity index (χ1n) is 6.70. The summed E-state index contributed by atoms with van der Waals surface area (Å²) in [6, 6.07) is 0. The van der Waals surface area contributed by atoms with E-state index in [1.807, 2.05) is 0 Å². The van der Waals surface area contributed by atoms with Gasteiger partial charge in [-0.15, -0.1) is 11.3 Å². The molecule has 1 atom stereocenters. The van der Waals surface area contributed by atoms with Gasteiger partial charge < -0.3 is 5.73 Å². The third-order valence-corrected chi connectivity index (χ3v) is 5.43. The molecular weight excluding hydrogens is 242 g/mol. The number of thiazole rings is 1. The minimum absolute atomic E-state index is 0.102. The molecule has 98 valence electrons. The van der Waals surface area contributed by atoms with E-state index >= 15 is 0 Å². The van der Waals surface area contributed by atoms with Gasteiger partial charge in [0.2, 0.25) is 0 Å². The van der Waals surface area contributed by atoms with Crippen molar-refractivity contribution in [3.8, 4) is 0 Å². The standard InChI is InChI=1S/C14H21N3S/c1-13(2)5-3-4-6-14(13,15)9-11-10-17-7-8-18-12(17)16-11/h7-8,10H,3-6,9,15H2,1-2H3. The van der Waals surface area contributed by atoms with Crippen LogP contribution in [0.4, 0.5) is 0 Å². The average molecular weight is 263 g/mol. The minimum Gasteiger partial charge on any atom is -0.324 e. The first kappa shape index (κ1) is 12.2. The molecule has 3 nitrogen and oxygen atoms in total. The number of rotatable bonds is 2. The predicted octanol–water partition coefficient (Wildman–Crippen LogP) is 3.24. The van der Waals surface area contributed by atoms with E-state index < -0.39 is 0 Å². The van der Waals surface area contributed by atoms with Crippen LogP contribution in [0.15, 0.2) is 17.8 Å². The van der Waals surface area contributed by atoms with Gasteiger partial charge in [-0.1, -0.05) is 26.7 Å². The molecule has 1 fully saturated rings. The molecule has 1 saturated carbocycles. The Morgan fingerprint density at radius 3 is 2.89 bits per heavy atom. The number of hydrogen-bond acceptors (Lipinski definition) is 3. The van der Waals surface area contributed by atoms with Crippen LogP contribution in [-0.2, 0) is 6.42 Å². The largest absolute Gasteiger partial charge is 0.324 e. The zero-order valence-electron chi connectivity index (χ0n) is 11.1. The first-order chi connectivity index (χ1) is 8.50. The Balaban J connectivity index is 1.88. The molecule has 0 radical (unpaired) electrons. The molecule has 18 heavy (non-hydrogen) atoms. The molecule has 2 heterocycles. The Hall–Kier alpha value is -0.870. The van der Waals surface area contributed by atoms with Gasteiger partial charge in [0.25, 0.3) is 0 Å². The molecule has 2 aromatic rings. The second-order valence-electron chi connectivity index (χ2n) is 6.25. The molecule has 0 saturated heterocycles. The van der Waals surface area contributed by atoms with E-state index in [0.29, 0.717) is 0 Å². The Morgan fingerprint density at radius 1 is 1.39 bits per heavy atom. The Bertz CT molecular complexity index is 526. The fourth-order valence-electron chi connectivity index (χ4n) is 3.11. The molecular formula is C14H21N3S. The molecule has 0 aliphatic heterocycles. The zero-order chi connectivity index (χ0) is 12.8. The number of hydrogen-bond donors (Lipinski definition) is 1. The lowest BCUT2D eigenvalue weighted by atomic mass is 9.62. The normalized spacial score (nSPS) is 27.7. The van der Waals surface area contributed by atoms with Crippen molar-refractivity contribution in [2.24, 2.45) is 11.1 Å². The van der Waals surface area contributed by atoms with Crippen molar-refractivity contribution < 1.29 is 0 Å². The summed E-state index contributed by atoms with van der Waals surface area (Å²) in [5, 5.41) is 2.06. The number of nitrogens with zero attached hydrogens (tertiary/aromatic N) is 2. The van der Waals surface area contributed by atoms with Crippen molar-refractivity contribution in [3.05, 3.63) is 23.5 Å². The fourth-order valence-corrected chi connectivity index (χ4v) is 3.83. The van der Waals surface area contributed by atoms with E-state index in [-0.39, 0.29) is 11.0 Å². The van der Waals surface area contributed by atoms with Gasteiger partial charge in [0, 0.05) is 29.7 Å². The second kappa shape index (κ2) is 4.07. The van der Waals surface area contributed by atoms with Crippen molar-refractivity contribution >= 4 is 16.3 Å². The van der Waals surface area contributed by atoms with Gasteiger partial charge in [-0.3, -0.25) is 4.40 Å². The van der Waals surface area contributed by atoms with Crippen LogP contribution in [0.2, 0.25) is 0 Å². The van der Waals surface area contributed by atoms with Crippen molar-refractivity contribution in [1.29, 1.82) is 0 Å². The van der Waals surface area contributed by atoms with E-state index in [0.717, 1.165) is 23.5 Å². The van der Waals surface area contributed by atoms with E-state index in [2.05, 4.69) is 41.0 Å². The molecule has 0 spiro atoms. The van der Waals surface area contributed by atoms with Crippen molar-refractivity contribution in [2.45, 2.75) is 51.5 Å². The molecule has 1 unspecified atom stereocenters. The van der Waals surface area contributed by atoms with Crippen LogP contribution in [0.3, 0.4) is 0 Å². The maximum Gasteiger partial charge on any atom is 0.193 e. The van der Waals surface area contributed by atoms with Gasteiger partial charge in [-0.25, -0.2) is 4.98 Å². The Labute approximate surface area is 112 Å². The first-order valence-corrected chi connectivity index (χ1v) is 7.58. The van der Waals surface area contributed by atoms with Gasteiger partial charge in [-0.2, -0.15) is 0 Å². The number of fused-ring (bicyclic) bond motifs is 1. The third kappa shape index (κ3) is 1.88. The monoisotopic (exact) mass is 263 g/mol. The molecule has 2 aromatic heterocycles. The van der Waals surface area contributed by atoms with E-state index in [9.17, 15) is 0 Å². The van der Waals surface area contributed by atoms with Crippen LogP contribution in [0, 0.1) is 5.41 Å². The van der Waals surface area contributed by atoms with E-state index in [1.54, 1.807) is 11.3 Å². The van der Waals surface area contributed by atoms with Crippen molar-refractivity contribution in [1.82, 2.24) is 9.38 Å². The molecule has 4 heteroatoms. The van der Waals surface area contributed by atoms with Crippen LogP contribution < -0.4 is 5.73 Å². The lowest BCUT2D eigenvalue weighted by Gasteiger charge is -2.47. The quantitative estimate of drug-likeness (QED) is 0.904. The van der Waals surface area contributed by atoms with Crippen molar-refractivity contribution in [3.63, 3.8) is 0 Å². The van der Waals surface area contributed by atoms with E-state index in [4.69, 9.17) is 5.73 Å². The maximum absolute atomic E-state index is 6.71. The zero-order valence-corrected chi connectivity index (χ0v) is 12.0. The van der Waals surface area contributed by atoms with Crippen LogP contribution in [0.5, 0.6) is 0 Å². The summed E-state index contributed by atoms with van der Waals surface area (Å²) in [6.07, 6.45) is 9.99. The summed E-state index contributed by atoms with van der Waals surface area (Å²) in [6.45, 7) is 4.62. The average Bonchev–Trinajstić information content (AvgIpc) is 2.83. The van der Waals surface area contributed by atoms with Crippen LogP contribution in [0.25, 0.3) is 4.96 Å². The highest BCUT2D eigenvalue weighted by Gasteiger charge is 2.43. The predicted molar refractivity (Wildman–Crippen MR) is 75.9 cm³/mol. The summed E-state index contributed by atoms with van der Waals surface area (Å²) < 4.78 is 2.10. The highest BCUT2D eigenvalue weighted by atomic mass is 32.1. The van der Waals surface area contributed by atoms with Crippen LogP contribution in [-0.4, -0.2) is 14.9 Å². The lowest BCUT2D eigenvalue weighted by Crippen LogP contribution is -2.56. The van der Waals surface area contributed by atoms with Gasteiger partial charge >= 0.3 is 0 Å². The summed E-state index contributed by atoms with van der Waals surface area (Å²) in [4.78, 5) is 5.75. The van der Waals surface area contributed by atoms with Gasteiger partial charge in [-0.05, 0) is 18.3 Å². The number of nitrogens with two attached hydrogens (primary N) is 1. The molecule has 1 aliphatic carbocycles.